The summed E-state index contributed by atoms with van der Waals surface area (Å²) in [5.74, 6) is 1.53. The van der Waals surface area contributed by atoms with Gasteiger partial charge in [0.1, 0.15) is 12.4 Å². The molecule has 2 aromatic rings. The maximum absolute atomic E-state index is 12.9. The SMILES string of the molecule is C=CCOc1ccc(C(=O)N2CCN(C(=O)c3cccc(OC)c3)CC2)cc1OC. The van der Waals surface area contributed by atoms with Gasteiger partial charge in [-0.25, -0.2) is 0 Å². The molecule has 7 nitrogen and oxygen atoms in total. The molecule has 0 unspecified atom stereocenters. The van der Waals surface area contributed by atoms with E-state index >= 15 is 0 Å². The highest BCUT2D eigenvalue weighted by Gasteiger charge is 2.26. The van der Waals surface area contributed by atoms with Crippen molar-refractivity contribution in [3.05, 3.63) is 66.2 Å². The molecule has 0 bridgehead atoms. The third kappa shape index (κ3) is 4.74. The van der Waals surface area contributed by atoms with E-state index in [1.807, 2.05) is 0 Å². The van der Waals surface area contributed by atoms with Crippen molar-refractivity contribution >= 4 is 11.8 Å². The second-order valence-electron chi connectivity index (χ2n) is 6.78. The van der Waals surface area contributed by atoms with Crippen molar-refractivity contribution in [3.63, 3.8) is 0 Å². The number of carbonyl (C=O) groups is 2. The van der Waals surface area contributed by atoms with Crippen LogP contribution in [0.25, 0.3) is 0 Å². The predicted molar refractivity (Wildman–Crippen MR) is 113 cm³/mol. The number of methoxy groups -OCH3 is 2. The number of rotatable bonds is 7. The molecule has 1 heterocycles. The first-order valence-electron chi connectivity index (χ1n) is 9.71. The molecule has 30 heavy (non-hydrogen) atoms. The lowest BCUT2D eigenvalue weighted by molar-refractivity contribution is 0.0535. The molecule has 0 N–H and O–H groups in total. The Labute approximate surface area is 176 Å². The molecule has 0 radical (unpaired) electrons. The van der Waals surface area contributed by atoms with E-state index in [2.05, 4.69) is 6.58 Å². The largest absolute Gasteiger partial charge is 0.497 e. The van der Waals surface area contributed by atoms with E-state index in [1.165, 1.54) is 7.11 Å². The van der Waals surface area contributed by atoms with E-state index in [0.29, 0.717) is 61.2 Å². The molecule has 1 fully saturated rings. The maximum Gasteiger partial charge on any atom is 0.254 e. The minimum absolute atomic E-state index is 0.0635. The first-order chi connectivity index (χ1) is 14.6. The molecule has 1 saturated heterocycles. The zero-order valence-corrected chi connectivity index (χ0v) is 17.3. The number of benzene rings is 2. The van der Waals surface area contributed by atoms with Crippen molar-refractivity contribution < 1.29 is 23.8 Å². The van der Waals surface area contributed by atoms with Crippen LogP contribution in [0.4, 0.5) is 0 Å². The van der Waals surface area contributed by atoms with Crippen LogP contribution in [-0.4, -0.2) is 68.6 Å². The Balaban J connectivity index is 1.63. The zero-order valence-electron chi connectivity index (χ0n) is 17.3. The van der Waals surface area contributed by atoms with E-state index in [-0.39, 0.29) is 11.8 Å². The van der Waals surface area contributed by atoms with Gasteiger partial charge in [-0.15, -0.1) is 0 Å². The van der Waals surface area contributed by atoms with Gasteiger partial charge in [0.05, 0.1) is 14.2 Å². The second kappa shape index (κ2) is 9.82. The highest BCUT2D eigenvalue weighted by molar-refractivity contribution is 5.96. The van der Waals surface area contributed by atoms with Crippen LogP contribution in [-0.2, 0) is 0 Å². The molecular weight excluding hydrogens is 384 g/mol. The first kappa shape index (κ1) is 21.2. The summed E-state index contributed by atoms with van der Waals surface area (Å²) in [6.45, 7) is 5.85. The van der Waals surface area contributed by atoms with E-state index in [9.17, 15) is 9.59 Å². The summed E-state index contributed by atoms with van der Waals surface area (Å²) in [5, 5.41) is 0. The molecule has 0 atom stereocenters. The molecule has 2 amide bonds. The topological polar surface area (TPSA) is 68.3 Å². The molecule has 1 aliphatic rings. The van der Waals surface area contributed by atoms with Gasteiger partial charge in [-0.05, 0) is 36.4 Å². The summed E-state index contributed by atoms with van der Waals surface area (Å²) in [6, 6.07) is 12.2. The van der Waals surface area contributed by atoms with Crippen LogP contribution < -0.4 is 14.2 Å². The lowest BCUT2D eigenvalue weighted by Crippen LogP contribution is -2.50. The number of hydrogen-bond donors (Lipinski definition) is 0. The number of piperazine rings is 1. The van der Waals surface area contributed by atoms with Crippen molar-refractivity contribution in [1.29, 1.82) is 0 Å². The fourth-order valence-corrected chi connectivity index (χ4v) is 3.30. The van der Waals surface area contributed by atoms with Gasteiger partial charge in [0.15, 0.2) is 11.5 Å². The normalized spacial score (nSPS) is 13.5. The zero-order chi connectivity index (χ0) is 21.5. The Kier molecular flexibility index (Phi) is 6.95. The molecule has 1 aliphatic heterocycles. The van der Waals surface area contributed by atoms with Crippen LogP contribution in [0, 0.1) is 0 Å². The molecule has 0 spiro atoms. The fraction of sp³-hybridized carbons (Fsp3) is 0.304. The van der Waals surface area contributed by atoms with Crippen molar-refractivity contribution in [2.24, 2.45) is 0 Å². The van der Waals surface area contributed by atoms with Gasteiger partial charge in [-0.3, -0.25) is 9.59 Å². The first-order valence-corrected chi connectivity index (χ1v) is 9.71. The lowest BCUT2D eigenvalue weighted by atomic mass is 10.1. The van der Waals surface area contributed by atoms with Gasteiger partial charge < -0.3 is 24.0 Å². The highest BCUT2D eigenvalue weighted by atomic mass is 16.5. The second-order valence-corrected chi connectivity index (χ2v) is 6.78. The molecule has 0 aromatic heterocycles. The van der Waals surface area contributed by atoms with E-state index in [4.69, 9.17) is 14.2 Å². The molecule has 0 aliphatic carbocycles. The third-order valence-corrected chi connectivity index (χ3v) is 4.94. The number of amides is 2. The molecule has 158 valence electrons. The monoisotopic (exact) mass is 410 g/mol. The minimum Gasteiger partial charge on any atom is -0.497 e. The van der Waals surface area contributed by atoms with E-state index < -0.39 is 0 Å². The minimum atomic E-state index is -0.1000. The van der Waals surface area contributed by atoms with Crippen molar-refractivity contribution in [2.45, 2.75) is 0 Å². The molecule has 2 aromatic carbocycles. The van der Waals surface area contributed by atoms with Gasteiger partial charge in [0.25, 0.3) is 11.8 Å². The van der Waals surface area contributed by atoms with E-state index in [1.54, 1.807) is 65.5 Å². The maximum atomic E-state index is 12.9. The molecule has 0 saturated carbocycles. The summed E-state index contributed by atoms with van der Waals surface area (Å²) in [5.41, 5.74) is 1.10. The number of hydrogen-bond acceptors (Lipinski definition) is 5. The Morgan fingerprint density at radius 3 is 2.10 bits per heavy atom. The highest BCUT2D eigenvalue weighted by Crippen LogP contribution is 2.29. The fourth-order valence-electron chi connectivity index (χ4n) is 3.30. The van der Waals surface area contributed by atoms with Gasteiger partial charge in [-0.2, -0.15) is 0 Å². The van der Waals surface area contributed by atoms with Gasteiger partial charge in [-0.1, -0.05) is 18.7 Å². The van der Waals surface area contributed by atoms with Crippen molar-refractivity contribution in [2.75, 3.05) is 47.0 Å². The van der Waals surface area contributed by atoms with Crippen LogP contribution in [0.5, 0.6) is 17.2 Å². The van der Waals surface area contributed by atoms with Gasteiger partial charge >= 0.3 is 0 Å². The van der Waals surface area contributed by atoms with Crippen LogP contribution in [0.3, 0.4) is 0 Å². The Morgan fingerprint density at radius 2 is 1.53 bits per heavy atom. The number of nitrogens with zero attached hydrogens (tertiary/aromatic N) is 2. The van der Waals surface area contributed by atoms with E-state index in [0.717, 1.165) is 0 Å². The average molecular weight is 410 g/mol. The summed E-state index contributed by atoms with van der Waals surface area (Å²) in [4.78, 5) is 29.2. The molecule has 3 rings (SSSR count). The van der Waals surface area contributed by atoms with Crippen LogP contribution in [0.2, 0.25) is 0 Å². The smallest absolute Gasteiger partial charge is 0.254 e. The average Bonchev–Trinajstić information content (AvgIpc) is 2.81. The van der Waals surface area contributed by atoms with Gasteiger partial charge in [0, 0.05) is 37.3 Å². The summed E-state index contributed by atoms with van der Waals surface area (Å²) < 4.78 is 16.1. The summed E-state index contributed by atoms with van der Waals surface area (Å²) >= 11 is 0. The predicted octanol–water partition coefficient (Wildman–Crippen LogP) is 2.87. The molecular formula is C23H26N2O5. The summed E-state index contributed by atoms with van der Waals surface area (Å²) in [6.07, 6.45) is 1.64. The number of carbonyl (C=O) groups excluding carboxylic acids is 2. The number of ether oxygens (including phenoxy) is 3. The molecule has 7 heteroatoms. The Hall–Kier alpha value is -3.48. The van der Waals surface area contributed by atoms with Crippen LogP contribution >= 0.6 is 0 Å². The van der Waals surface area contributed by atoms with Crippen molar-refractivity contribution in [1.82, 2.24) is 9.80 Å². The standard InChI is InChI=1S/C23H26N2O5/c1-4-14-30-20-9-8-18(16-21(20)29-3)23(27)25-12-10-24(11-13-25)22(26)17-6-5-7-19(15-17)28-2/h4-9,15-16H,1,10-14H2,2-3H3. The Bertz CT molecular complexity index is 920. The van der Waals surface area contributed by atoms with Gasteiger partial charge in [0.2, 0.25) is 0 Å². The van der Waals surface area contributed by atoms with Crippen LogP contribution in [0.1, 0.15) is 20.7 Å². The summed E-state index contributed by atoms with van der Waals surface area (Å²) in [7, 11) is 3.11. The third-order valence-electron chi connectivity index (χ3n) is 4.94. The van der Waals surface area contributed by atoms with Crippen LogP contribution in [0.15, 0.2) is 55.1 Å². The lowest BCUT2D eigenvalue weighted by Gasteiger charge is -2.35. The Morgan fingerprint density at radius 1 is 0.900 bits per heavy atom. The van der Waals surface area contributed by atoms with Crippen molar-refractivity contribution in [3.8, 4) is 17.2 Å². The quantitative estimate of drug-likeness (QED) is 0.657.